The molecule has 2 aliphatic rings. The summed E-state index contributed by atoms with van der Waals surface area (Å²) in [5.74, 6) is 3.53. The quantitative estimate of drug-likeness (QED) is 0.724. The van der Waals surface area contributed by atoms with Crippen LogP contribution in [0.3, 0.4) is 0 Å². The van der Waals surface area contributed by atoms with Gasteiger partial charge in [0.1, 0.15) is 17.2 Å². The second-order valence-corrected chi connectivity index (χ2v) is 7.98. The lowest BCUT2D eigenvalue weighted by atomic mass is 10.1. The molecule has 2 aliphatic heterocycles. The number of methoxy groups -OCH3 is 3. The van der Waals surface area contributed by atoms with E-state index in [1.807, 2.05) is 35.2 Å². The number of hydrogen-bond donors (Lipinski definition) is 0. The third kappa shape index (κ3) is 4.71. The molecule has 0 radical (unpaired) electrons. The van der Waals surface area contributed by atoms with Crippen LogP contribution in [-0.2, 0) is 17.9 Å². The van der Waals surface area contributed by atoms with Crippen molar-refractivity contribution < 1.29 is 23.7 Å². The van der Waals surface area contributed by atoms with Crippen molar-refractivity contribution in [3.63, 3.8) is 0 Å². The van der Waals surface area contributed by atoms with Gasteiger partial charge in [-0.05, 0) is 31.4 Å². The van der Waals surface area contributed by atoms with Crippen LogP contribution < -0.4 is 18.9 Å². The second-order valence-electron chi connectivity index (χ2n) is 7.98. The highest BCUT2D eigenvalue weighted by Crippen LogP contribution is 2.40. The number of hydrogen-bond acceptors (Lipinski definition) is 6. The first-order chi connectivity index (χ1) is 15.1. The highest BCUT2D eigenvalue weighted by Gasteiger charge is 2.25. The maximum absolute atomic E-state index is 13.0. The van der Waals surface area contributed by atoms with Gasteiger partial charge in [-0.25, -0.2) is 0 Å². The van der Waals surface area contributed by atoms with Crippen LogP contribution in [0, 0.1) is 0 Å². The molecule has 7 heteroatoms. The molecular weight excluding hydrogens is 396 g/mol. The predicted molar refractivity (Wildman–Crippen MR) is 117 cm³/mol. The zero-order valence-electron chi connectivity index (χ0n) is 18.5. The number of ether oxygens (including phenoxy) is 4. The highest BCUT2D eigenvalue weighted by molar-refractivity contribution is 5.78. The number of benzene rings is 2. The van der Waals surface area contributed by atoms with Crippen LogP contribution in [0.25, 0.3) is 0 Å². The van der Waals surface area contributed by atoms with Crippen molar-refractivity contribution in [1.82, 2.24) is 9.80 Å². The van der Waals surface area contributed by atoms with Crippen molar-refractivity contribution in [1.29, 1.82) is 0 Å². The van der Waals surface area contributed by atoms with Crippen LogP contribution in [0.15, 0.2) is 30.3 Å². The molecule has 31 heavy (non-hydrogen) atoms. The van der Waals surface area contributed by atoms with E-state index in [4.69, 9.17) is 18.9 Å². The molecule has 0 unspecified atom stereocenters. The first kappa shape index (κ1) is 21.3. The summed E-state index contributed by atoms with van der Waals surface area (Å²) < 4.78 is 22.7. The lowest BCUT2D eigenvalue weighted by molar-refractivity contribution is -0.133. The lowest BCUT2D eigenvalue weighted by Crippen LogP contribution is -2.42. The standard InChI is InChI=1S/C24H30N2O5/c1-28-19-8-7-17-14-25(16-24(27)26-9-5-4-6-10-26)15-18-11-22(29-2)23(30-3)13-21(18)31-20(17)12-19/h7-8,11-13H,4-6,9-10,14-16H2,1-3H3. The summed E-state index contributed by atoms with van der Waals surface area (Å²) >= 11 is 0. The van der Waals surface area contributed by atoms with Crippen LogP contribution >= 0.6 is 0 Å². The number of carbonyl (C=O) groups is 1. The molecule has 0 aromatic heterocycles. The minimum Gasteiger partial charge on any atom is -0.497 e. The molecule has 0 atom stereocenters. The van der Waals surface area contributed by atoms with Crippen LogP contribution in [-0.4, -0.2) is 56.7 Å². The molecule has 1 saturated heterocycles. The number of likely N-dealkylation sites (tertiary alicyclic amines) is 1. The van der Waals surface area contributed by atoms with E-state index in [0.717, 1.165) is 42.8 Å². The van der Waals surface area contributed by atoms with Gasteiger partial charge >= 0.3 is 0 Å². The molecule has 2 aromatic carbocycles. The van der Waals surface area contributed by atoms with E-state index >= 15 is 0 Å². The van der Waals surface area contributed by atoms with Crippen molar-refractivity contribution in [2.75, 3.05) is 41.0 Å². The molecule has 0 spiro atoms. The molecule has 2 aromatic rings. The first-order valence-corrected chi connectivity index (χ1v) is 10.7. The Morgan fingerprint density at radius 1 is 0.871 bits per heavy atom. The Hall–Kier alpha value is -2.93. The summed E-state index contributed by atoms with van der Waals surface area (Å²) in [6.45, 7) is 3.24. The van der Waals surface area contributed by atoms with E-state index in [9.17, 15) is 4.79 Å². The van der Waals surface area contributed by atoms with Crippen molar-refractivity contribution >= 4 is 5.91 Å². The maximum Gasteiger partial charge on any atom is 0.236 e. The average molecular weight is 427 g/mol. The van der Waals surface area contributed by atoms with Gasteiger partial charge in [0.15, 0.2) is 11.5 Å². The van der Waals surface area contributed by atoms with Gasteiger partial charge in [-0.3, -0.25) is 9.69 Å². The number of nitrogens with zero attached hydrogens (tertiary/aromatic N) is 2. The first-order valence-electron chi connectivity index (χ1n) is 10.7. The van der Waals surface area contributed by atoms with Gasteiger partial charge in [-0.1, -0.05) is 6.07 Å². The summed E-state index contributed by atoms with van der Waals surface area (Å²) in [6, 6.07) is 9.57. The van der Waals surface area contributed by atoms with Gasteiger partial charge in [0.05, 0.1) is 27.9 Å². The molecule has 7 nitrogen and oxygen atoms in total. The Labute approximate surface area is 183 Å². The smallest absolute Gasteiger partial charge is 0.236 e. The van der Waals surface area contributed by atoms with Crippen LogP contribution in [0.1, 0.15) is 30.4 Å². The van der Waals surface area contributed by atoms with E-state index in [2.05, 4.69) is 4.90 Å². The minimum absolute atomic E-state index is 0.179. The largest absolute Gasteiger partial charge is 0.497 e. The third-order valence-electron chi connectivity index (χ3n) is 5.92. The molecular formula is C24H30N2O5. The number of carbonyl (C=O) groups excluding carboxylic acids is 1. The monoisotopic (exact) mass is 426 g/mol. The molecule has 0 N–H and O–H groups in total. The third-order valence-corrected chi connectivity index (χ3v) is 5.92. The van der Waals surface area contributed by atoms with Crippen molar-refractivity contribution in [3.05, 3.63) is 41.5 Å². The fourth-order valence-corrected chi connectivity index (χ4v) is 4.21. The van der Waals surface area contributed by atoms with Gasteiger partial charge in [0.2, 0.25) is 5.91 Å². The summed E-state index contributed by atoms with van der Waals surface area (Å²) in [5.41, 5.74) is 1.95. The summed E-state index contributed by atoms with van der Waals surface area (Å²) in [5, 5.41) is 0. The number of amides is 1. The van der Waals surface area contributed by atoms with Crippen molar-refractivity contribution in [2.45, 2.75) is 32.4 Å². The van der Waals surface area contributed by atoms with Crippen LogP contribution in [0.5, 0.6) is 28.7 Å². The summed E-state index contributed by atoms with van der Waals surface area (Å²) in [4.78, 5) is 17.2. The van der Waals surface area contributed by atoms with Crippen molar-refractivity contribution in [2.24, 2.45) is 0 Å². The van der Waals surface area contributed by atoms with Gasteiger partial charge < -0.3 is 23.8 Å². The van der Waals surface area contributed by atoms with Gasteiger partial charge in [-0.15, -0.1) is 0 Å². The maximum atomic E-state index is 13.0. The SMILES string of the molecule is COc1ccc2c(c1)Oc1cc(OC)c(OC)cc1CN(CC(=O)N1CCCCC1)C2. The Kier molecular flexibility index (Phi) is 6.51. The second kappa shape index (κ2) is 9.47. The molecule has 2 heterocycles. The summed E-state index contributed by atoms with van der Waals surface area (Å²) in [6.07, 6.45) is 3.37. The normalized spacial score (nSPS) is 16.3. The molecule has 0 saturated carbocycles. The Morgan fingerprint density at radius 2 is 1.55 bits per heavy atom. The molecule has 1 fully saturated rings. The molecule has 1 amide bonds. The van der Waals surface area contributed by atoms with E-state index in [0.29, 0.717) is 42.6 Å². The minimum atomic E-state index is 0.179. The summed E-state index contributed by atoms with van der Waals surface area (Å²) in [7, 11) is 4.86. The zero-order valence-corrected chi connectivity index (χ0v) is 18.5. The number of fused-ring (bicyclic) bond motifs is 2. The van der Waals surface area contributed by atoms with Crippen LogP contribution in [0.4, 0.5) is 0 Å². The number of piperidine rings is 1. The topological polar surface area (TPSA) is 60.5 Å². The Morgan fingerprint density at radius 3 is 2.26 bits per heavy atom. The molecule has 166 valence electrons. The van der Waals surface area contributed by atoms with E-state index in [-0.39, 0.29) is 5.91 Å². The van der Waals surface area contributed by atoms with Gasteiger partial charge in [0.25, 0.3) is 0 Å². The van der Waals surface area contributed by atoms with E-state index < -0.39 is 0 Å². The van der Waals surface area contributed by atoms with Gasteiger partial charge in [0, 0.05) is 49.4 Å². The fraction of sp³-hybridized carbons (Fsp3) is 0.458. The van der Waals surface area contributed by atoms with Crippen molar-refractivity contribution in [3.8, 4) is 28.7 Å². The zero-order chi connectivity index (χ0) is 21.8. The molecule has 0 bridgehead atoms. The Balaban J connectivity index is 1.69. The van der Waals surface area contributed by atoms with Gasteiger partial charge in [-0.2, -0.15) is 0 Å². The van der Waals surface area contributed by atoms with E-state index in [1.54, 1.807) is 21.3 Å². The number of rotatable bonds is 5. The molecule has 0 aliphatic carbocycles. The molecule has 4 rings (SSSR count). The lowest BCUT2D eigenvalue weighted by Gasteiger charge is -2.32. The Bertz CT molecular complexity index is 940. The fourth-order valence-electron chi connectivity index (χ4n) is 4.21. The van der Waals surface area contributed by atoms with E-state index in [1.165, 1.54) is 6.42 Å². The van der Waals surface area contributed by atoms with Crippen LogP contribution in [0.2, 0.25) is 0 Å². The average Bonchev–Trinajstić information content (AvgIpc) is 2.80. The predicted octanol–water partition coefficient (Wildman–Crippen LogP) is 3.83. The highest BCUT2D eigenvalue weighted by atomic mass is 16.5.